The zero-order chi connectivity index (χ0) is 14.0. The molecule has 0 spiro atoms. The van der Waals surface area contributed by atoms with Crippen molar-refractivity contribution in [2.45, 2.75) is 25.8 Å². The van der Waals surface area contributed by atoms with Gasteiger partial charge in [0.15, 0.2) is 0 Å². The summed E-state index contributed by atoms with van der Waals surface area (Å²) in [6.07, 6.45) is 0.958. The number of rotatable bonds is 4. The van der Waals surface area contributed by atoms with Gasteiger partial charge in [0.05, 0.1) is 11.0 Å². The van der Waals surface area contributed by atoms with Gasteiger partial charge in [-0.3, -0.25) is 10.1 Å². The van der Waals surface area contributed by atoms with Gasteiger partial charge in [0.25, 0.3) is 0 Å². The number of hydrogen-bond donors (Lipinski definition) is 2. The smallest absolute Gasteiger partial charge is 0.226 e. The van der Waals surface area contributed by atoms with E-state index < -0.39 is 0 Å². The van der Waals surface area contributed by atoms with Crippen molar-refractivity contribution in [3.63, 3.8) is 0 Å². The number of amides is 1. The van der Waals surface area contributed by atoms with E-state index in [-0.39, 0.29) is 30.2 Å². The molecular weight excluding hydrogens is 283 g/mol. The van der Waals surface area contributed by atoms with E-state index >= 15 is 0 Å². The minimum atomic E-state index is -0.347. The van der Waals surface area contributed by atoms with E-state index in [4.69, 9.17) is 5.73 Å². The molecule has 1 atom stereocenters. The topological polar surface area (TPSA) is 72.9 Å². The molecule has 0 radical (unpaired) electrons. The lowest BCUT2D eigenvalue weighted by molar-refractivity contribution is -0.116. The van der Waals surface area contributed by atoms with E-state index in [0.29, 0.717) is 24.3 Å². The van der Waals surface area contributed by atoms with E-state index in [1.165, 1.54) is 12.1 Å². The van der Waals surface area contributed by atoms with Gasteiger partial charge in [-0.25, -0.2) is 9.37 Å². The Labute approximate surface area is 122 Å². The van der Waals surface area contributed by atoms with E-state index in [0.717, 1.165) is 5.52 Å². The molecule has 3 N–H and O–H groups in total. The molecule has 0 saturated carbocycles. The van der Waals surface area contributed by atoms with Crippen LogP contribution in [-0.4, -0.2) is 21.5 Å². The fourth-order valence-corrected chi connectivity index (χ4v) is 1.83. The number of imidazole rings is 1. The Hall–Kier alpha value is -1.66. The van der Waals surface area contributed by atoms with Crippen LogP contribution < -0.4 is 11.1 Å². The minimum absolute atomic E-state index is 0. The lowest BCUT2D eigenvalue weighted by atomic mass is 10.2. The van der Waals surface area contributed by atoms with Crippen LogP contribution in [0.5, 0.6) is 0 Å². The first kappa shape index (κ1) is 16.4. The standard InChI is InChI=1S/C13H17FN4O.ClH/c1-8(15)3-6-12(19)17-13-16-10-7-9(14)4-5-11(10)18(13)2;/h4-5,7-8H,3,6,15H2,1-2H3,(H,16,17,19);1H. The molecule has 0 saturated heterocycles. The van der Waals surface area contributed by atoms with Crippen LogP contribution in [-0.2, 0) is 11.8 Å². The van der Waals surface area contributed by atoms with E-state index in [1.54, 1.807) is 17.7 Å². The van der Waals surface area contributed by atoms with Gasteiger partial charge in [-0.1, -0.05) is 0 Å². The lowest BCUT2D eigenvalue weighted by Crippen LogP contribution is -2.20. The zero-order valence-corrected chi connectivity index (χ0v) is 12.2. The molecule has 0 aliphatic heterocycles. The highest BCUT2D eigenvalue weighted by atomic mass is 35.5. The molecule has 5 nitrogen and oxygen atoms in total. The molecule has 1 heterocycles. The van der Waals surface area contributed by atoms with Crippen molar-refractivity contribution in [2.75, 3.05) is 5.32 Å². The van der Waals surface area contributed by atoms with Crippen molar-refractivity contribution in [1.82, 2.24) is 9.55 Å². The van der Waals surface area contributed by atoms with Gasteiger partial charge >= 0.3 is 0 Å². The first-order valence-corrected chi connectivity index (χ1v) is 6.15. The van der Waals surface area contributed by atoms with E-state index in [1.807, 2.05) is 6.92 Å². The average Bonchev–Trinajstić information content (AvgIpc) is 2.63. The van der Waals surface area contributed by atoms with E-state index in [2.05, 4.69) is 10.3 Å². The molecule has 7 heteroatoms. The summed E-state index contributed by atoms with van der Waals surface area (Å²) in [5, 5.41) is 2.71. The molecule has 0 aliphatic rings. The van der Waals surface area contributed by atoms with Crippen molar-refractivity contribution in [3.8, 4) is 0 Å². The van der Waals surface area contributed by atoms with Crippen LogP contribution in [0.15, 0.2) is 18.2 Å². The van der Waals surface area contributed by atoms with Crippen LogP contribution in [0.4, 0.5) is 10.3 Å². The fraction of sp³-hybridized carbons (Fsp3) is 0.385. The first-order valence-electron chi connectivity index (χ1n) is 6.15. The van der Waals surface area contributed by atoms with Crippen molar-refractivity contribution >= 4 is 35.3 Å². The van der Waals surface area contributed by atoms with Crippen molar-refractivity contribution < 1.29 is 9.18 Å². The highest BCUT2D eigenvalue weighted by Crippen LogP contribution is 2.19. The third-order valence-corrected chi connectivity index (χ3v) is 2.92. The number of nitrogens with zero attached hydrogens (tertiary/aromatic N) is 2. The molecular formula is C13H18ClFN4O. The largest absolute Gasteiger partial charge is 0.328 e. The summed E-state index contributed by atoms with van der Waals surface area (Å²) in [7, 11) is 1.77. The summed E-state index contributed by atoms with van der Waals surface area (Å²) in [6.45, 7) is 1.85. The summed E-state index contributed by atoms with van der Waals surface area (Å²) < 4.78 is 14.8. The SMILES string of the molecule is CC(N)CCC(=O)Nc1nc2cc(F)ccc2n1C.Cl. The number of hydrogen-bond acceptors (Lipinski definition) is 3. The minimum Gasteiger partial charge on any atom is -0.328 e. The Bertz CT molecular complexity index is 612. The molecule has 110 valence electrons. The van der Waals surface area contributed by atoms with Crippen molar-refractivity contribution in [1.29, 1.82) is 0 Å². The summed E-state index contributed by atoms with van der Waals surface area (Å²) in [5.41, 5.74) is 6.89. The predicted molar refractivity (Wildman–Crippen MR) is 79.4 cm³/mol. The number of anilines is 1. The molecule has 1 aromatic carbocycles. The van der Waals surface area contributed by atoms with E-state index in [9.17, 15) is 9.18 Å². The van der Waals surface area contributed by atoms with Crippen LogP contribution in [0.1, 0.15) is 19.8 Å². The Balaban J connectivity index is 0.00000200. The van der Waals surface area contributed by atoms with Crippen molar-refractivity contribution in [2.24, 2.45) is 12.8 Å². The second kappa shape index (κ2) is 6.67. The Morgan fingerprint density at radius 2 is 2.25 bits per heavy atom. The van der Waals surface area contributed by atoms with Crippen LogP contribution in [0.25, 0.3) is 11.0 Å². The highest BCUT2D eigenvalue weighted by Gasteiger charge is 2.11. The molecule has 1 aromatic heterocycles. The second-order valence-electron chi connectivity index (χ2n) is 4.69. The Morgan fingerprint density at radius 3 is 2.90 bits per heavy atom. The normalized spacial score (nSPS) is 12.0. The number of aryl methyl sites for hydroxylation is 1. The van der Waals surface area contributed by atoms with Gasteiger partial charge in [-0.2, -0.15) is 0 Å². The van der Waals surface area contributed by atoms with Crippen molar-refractivity contribution in [3.05, 3.63) is 24.0 Å². The maximum Gasteiger partial charge on any atom is 0.226 e. The van der Waals surface area contributed by atoms with Gasteiger partial charge in [0.2, 0.25) is 11.9 Å². The maximum atomic E-state index is 13.1. The highest BCUT2D eigenvalue weighted by molar-refractivity contribution is 5.91. The third-order valence-electron chi connectivity index (χ3n) is 2.92. The molecule has 2 aromatic rings. The number of carbonyl (C=O) groups is 1. The number of carbonyl (C=O) groups excluding carboxylic acids is 1. The van der Waals surface area contributed by atoms with Gasteiger partial charge < -0.3 is 10.3 Å². The van der Waals surface area contributed by atoms with Gasteiger partial charge in [-0.05, 0) is 25.5 Å². The molecule has 0 fully saturated rings. The molecule has 1 unspecified atom stereocenters. The van der Waals surface area contributed by atoms with Gasteiger partial charge in [-0.15, -0.1) is 12.4 Å². The van der Waals surface area contributed by atoms with Crippen LogP contribution in [0.3, 0.4) is 0 Å². The quantitative estimate of drug-likeness (QED) is 0.909. The first-order chi connectivity index (χ1) is 8.97. The fourth-order valence-electron chi connectivity index (χ4n) is 1.83. The van der Waals surface area contributed by atoms with Crippen LogP contribution >= 0.6 is 12.4 Å². The van der Waals surface area contributed by atoms with Gasteiger partial charge in [0.1, 0.15) is 5.82 Å². The van der Waals surface area contributed by atoms with Crippen LogP contribution in [0, 0.1) is 5.82 Å². The van der Waals surface area contributed by atoms with Crippen LogP contribution in [0.2, 0.25) is 0 Å². The number of halogens is 2. The lowest BCUT2D eigenvalue weighted by Gasteiger charge is -2.06. The summed E-state index contributed by atoms with van der Waals surface area (Å²) in [5.74, 6) is -0.0770. The molecule has 2 rings (SSSR count). The zero-order valence-electron chi connectivity index (χ0n) is 11.4. The monoisotopic (exact) mass is 300 g/mol. The van der Waals surface area contributed by atoms with Gasteiger partial charge in [0, 0.05) is 25.6 Å². The average molecular weight is 301 g/mol. The molecule has 1 amide bonds. The Morgan fingerprint density at radius 1 is 1.55 bits per heavy atom. The molecule has 0 bridgehead atoms. The molecule has 20 heavy (non-hydrogen) atoms. The third kappa shape index (κ3) is 3.68. The number of benzene rings is 1. The molecule has 0 aliphatic carbocycles. The Kier molecular flexibility index (Phi) is 5.47. The predicted octanol–water partition coefficient (Wildman–Crippen LogP) is 2.20. The number of aromatic nitrogens is 2. The number of nitrogens with one attached hydrogen (secondary N) is 1. The number of fused-ring (bicyclic) bond motifs is 1. The summed E-state index contributed by atoms with van der Waals surface area (Å²) >= 11 is 0. The summed E-state index contributed by atoms with van der Waals surface area (Å²) in [4.78, 5) is 15.9. The number of nitrogens with two attached hydrogens (primary N) is 1. The second-order valence-corrected chi connectivity index (χ2v) is 4.69. The summed E-state index contributed by atoms with van der Waals surface area (Å²) in [6, 6.07) is 4.33. The maximum absolute atomic E-state index is 13.1.